The number of hydrogen-bond donors (Lipinski definition) is 2. The number of amides is 1. The van der Waals surface area contributed by atoms with Crippen molar-refractivity contribution in [3.8, 4) is 0 Å². The van der Waals surface area contributed by atoms with Crippen LogP contribution in [0.4, 0.5) is 0 Å². The smallest absolute Gasteiger partial charge is 0.237 e. The molecule has 0 spiro atoms. The van der Waals surface area contributed by atoms with Crippen molar-refractivity contribution in [3.05, 3.63) is 22.4 Å². The third kappa shape index (κ3) is 4.20. The maximum atomic E-state index is 11.4. The Labute approximate surface area is 100 Å². The summed E-state index contributed by atoms with van der Waals surface area (Å²) in [5, 5.41) is 4.92. The number of carbonyl (C=O) groups is 1. The van der Waals surface area contributed by atoms with E-state index in [0.29, 0.717) is 0 Å². The van der Waals surface area contributed by atoms with E-state index < -0.39 is 6.04 Å². The zero-order chi connectivity index (χ0) is 10.6. The quantitative estimate of drug-likeness (QED) is 0.857. The monoisotopic (exact) mass is 248 g/mol. The maximum absolute atomic E-state index is 11.4. The highest BCUT2D eigenvalue weighted by atomic mass is 35.5. The first-order valence-electron chi connectivity index (χ1n) is 4.74. The molecule has 1 aromatic rings. The van der Waals surface area contributed by atoms with E-state index in [9.17, 15) is 4.79 Å². The van der Waals surface area contributed by atoms with Crippen LogP contribution >= 0.6 is 23.7 Å². The molecule has 0 aliphatic heterocycles. The molecule has 0 bridgehead atoms. The van der Waals surface area contributed by atoms with E-state index in [0.717, 1.165) is 6.42 Å². The molecule has 0 aromatic carbocycles. The molecule has 0 radical (unpaired) electrons. The van der Waals surface area contributed by atoms with Gasteiger partial charge in [0, 0.05) is 4.88 Å². The Morgan fingerprint density at radius 3 is 2.73 bits per heavy atom. The van der Waals surface area contributed by atoms with Gasteiger partial charge in [0.05, 0.1) is 12.1 Å². The topological polar surface area (TPSA) is 55.1 Å². The number of halogens is 1. The molecule has 0 aliphatic rings. The van der Waals surface area contributed by atoms with E-state index in [1.165, 1.54) is 4.88 Å². The minimum atomic E-state index is -0.441. The fourth-order valence-corrected chi connectivity index (χ4v) is 2.03. The number of nitrogens with one attached hydrogen (secondary N) is 1. The van der Waals surface area contributed by atoms with Crippen molar-refractivity contribution in [1.29, 1.82) is 0 Å². The zero-order valence-electron chi connectivity index (χ0n) is 8.90. The normalized spacial score (nSPS) is 13.8. The van der Waals surface area contributed by atoms with E-state index in [1.807, 2.05) is 24.4 Å². The van der Waals surface area contributed by atoms with Crippen LogP contribution in [-0.2, 0) is 4.79 Å². The first-order chi connectivity index (χ1) is 6.65. The molecular weight excluding hydrogens is 232 g/mol. The lowest BCUT2D eigenvalue weighted by Gasteiger charge is -2.16. The molecule has 3 nitrogen and oxygen atoms in total. The number of hydrogen-bond acceptors (Lipinski definition) is 3. The SMILES string of the molecule is CCC(NC(=O)[C@H](C)N)c1cccs1.Cl. The van der Waals surface area contributed by atoms with Gasteiger partial charge in [-0.1, -0.05) is 13.0 Å². The van der Waals surface area contributed by atoms with E-state index in [1.54, 1.807) is 18.3 Å². The Hall–Kier alpha value is -0.580. The fraction of sp³-hybridized carbons (Fsp3) is 0.500. The number of carbonyl (C=O) groups excluding carboxylic acids is 1. The molecule has 5 heteroatoms. The third-order valence-electron chi connectivity index (χ3n) is 2.02. The van der Waals surface area contributed by atoms with Gasteiger partial charge in [-0.25, -0.2) is 0 Å². The van der Waals surface area contributed by atoms with Gasteiger partial charge >= 0.3 is 0 Å². The van der Waals surface area contributed by atoms with Gasteiger partial charge in [0.2, 0.25) is 5.91 Å². The van der Waals surface area contributed by atoms with Gasteiger partial charge in [0.15, 0.2) is 0 Å². The first kappa shape index (κ1) is 14.4. The van der Waals surface area contributed by atoms with E-state index in [2.05, 4.69) is 5.32 Å². The van der Waals surface area contributed by atoms with E-state index in [-0.39, 0.29) is 24.4 Å². The Morgan fingerprint density at radius 2 is 2.33 bits per heavy atom. The average molecular weight is 249 g/mol. The number of nitrogens with two attached hydrogens (primary N) is 1. The zero-order valence-corrected chi connectivity index (χ0v) is 10.5. The van der Waals surface area contributed by atoms with Crippen molar-refractivity contribution in [3.63, 3.8) is 0 Å². The lowest BCUT2D eigenvalue weighted by Crippen LogP contribution is -2.39. The molecule has 15 heavy (non-hydrogen) atoms. The Kier molecular flexibility index (Phi) is 6.56. The second kappa shape index (κ2) is 6.82. The molecule has 1 unspecified atom stereocenters. The van der Waals surface area contributed by atoms with Gasteiger partial charge < -0.3 is 11.1 Å². The predicted octanol–water partition coefficient (Wildman–Crippen LogP) is 2.08. The summed E-state index contributed by atoms with van der Waals surface area (Å²) in [5.41, 5.74) is 5.48. The van der Waals surface area contributed by atoms with Crippen LogP contribution in [0.5, 0.6) is 0 Å². The molecule has 3 N–H and O–H groups in total. The largest absolute Gasteiger partial charge is 0.347 e. The Bertz CT molecular complexity index is 288. The van der Waals surface area contributed by atoms with E-state index >= 15 is 0 Å². The van der Waals surface area contributed by atoms with Gasteiger partial charge in [-0.2, -0.15) is 0 Å². The summed E-state index contributed by atoms with van der Waals surface area (Å²) in [4.78, 5) is 12.6. The number of rotatable bonds is 4. The molecule has 0 fully saturated rings. The lowest BCUT2D eigenvalue weighted by molar-refractivity contribution is -0.122. The molecule has 0 aliphatic carbocycles. The van der Waals surface area contributed by atoms with E-state index in [4.69, 9.17) is 5.73 Å². The maximum Gasteiger partial charge on any atom is 0.237 e. The van der Waals surface area contributed by atoms with Crippen molar-refractivity contribution in [2.24, 2.45) is 5.73 Å². The molecule has 2 atom stereocenters. The van der Waals surface area contributed by atoms with Crippen molar-refractivity contribution in [2.45, 2.75) is 32.4 Å². The van der Waals surface area contributed by atoms with Crippen molar-refractivity contribution in [1.82, 2.24) is 5.32 Å². The molecule has 1 aromatic heterocycles. The second-order valence-corrected chi connectivity index (χ2v) is 4.25. The molecule has 86 valence electrons. The highest BCUT2D eigenvalue weighted by Gasteiger charge is 2.15. The van der Waals surface area contributed by atoms with Crippen LogP contribution < -0.4 is 11.1 Å². The highest BCUT2D eigenvalue weighted by Crippen LogP contribution is 2.21. The fourth-order valence-electron chi connectivity index (χ4n) is 1.17. The average Bonchev–Trinajstić information content (AvgIpc) is 2.66. The van der Waals surface area contributed by atoms with Crippen LogP contribution in [0.2, 0.25) is 0 Å². The van der Waals surface area contributed by atoms with Crippen LogP contribution in [0.15, 0.2) is 17.5 Å². The van der Waals surface area contributed by atoms with Crippen LogP contribution in [0.1, 0.15) is 31.2 Å². The van der Waals surface area contributed by atoms with Crippen LogP contribution in [-0.4, -0.2) is 11.9 Å². The molecule has 1 amide bonds. The lowest BCUT2D eigenvalue weighted by atomic mass is 10.2. The molecular formula is C10H17ClN2OS. The Morgan fingerprint density at radius 1 is 1.67 bits per heavy atom. The van der Waals surface area contributed by atoms with Gasteiger partial charge in [-0.15, -0.1) is 23.7 Å². The second-order valence-electron chi connectivity index (χ2n) is 3.27. The summed E-state index contributed by atoms with van der Waals surface area (Å²) >= 11 is 1.65. The minimum absolute atomic E-state index is 0. The summed E-state index contributed by atoms with van der Waals surface area (Å²) in [6, 6.07) is 3.68. The highest BCUT2D eigenvalue weighted by molar-refractivity contribution is 7.10. The van der Waals surface area contributed by atoms with Crippen molar-refractivity contribution in [2.75, 3.05) is 0 Å². The van der Waals surface area contributed by atoms with Crippen LogP contribution in [0.25, 0.3) is 0 Å². The molecule has 0 saturated heterocycles. The van der Waals surface area contributed by atoms with Crippen molar-refractivity contribution < 1.29 is 4.79 Å². The molecule has 0 saturated carbocycles. The standard InChI is InChI=1S/C10H16N2OS.ClH/c1-3-8(9-5-4-6-14-9)12-10(13)7(2)11;/h4-8H,3,11H2,1-2H3,(H,12,13);1H/t7-,8?;/m0./s1. The third-order valence-corrected chi connectivity index (χ3v) is 3.01. The van der Waals surface area contributed by atoms with Gasteiger partial charge in [0.25, 0.3) is 0 Å². The summed E-state index contributed by atoms with van der Waals surface area (Å²) in [6.45, 7) is 3.74. The summed E-state index contributed by atoms with van der Waals surface area (Å²) in [6.07, 6.45) is 0.888. The van der Waals surface area contributed by atoms with Gasteiger partial charge in [-0.05, 0) is 24.8 Å². The molecule has 1 heterocycles. The minimum Gasteiger partial charge on any atom is -0.347 e. The Balaban J connectivity index is 0.00000196. The van der Waals surface area contributed by atoms with Gasteiger partial charge in [-0.3, -0.25) is 4.79 Å². The van der Waals surface area contributed by atoms with Crippen LogP contribution in [0, 0.1) is 0 Å². The summed E-state index contributed by atoms with van der Waals surface area (Å²) < 4.78 is 0. The number of thiophene rings is 1. The molecule has 1 rings (SSSR count). The summed E-state index contributed by atoms with van der Waals surface area (Å²) in [7, 11) is 0. The first-order valence-corrected chi connectivity index (χ1v) is 5.62. The predicted molar refractivity (Wildman–Crippen MR) is 66.4 cm³/mol. The van der Waals surface area contributed by atoms with Gasteiger partial charge in [0.1, 0.15) is 0 Å². The van der Waals surface area contributed by atoms with Crippen LogP contribution in [0.3, 0.4) is 0 Å². The van der Waals surface area contributed by atoms with Crippen molar-refractivity contribution >= 4 is 29.7 Å². The summed E-state index contributed by atoms with van der Waals surface area (Å²) in [5.74, 6) is -0.0924.